The summed E-state index contributed by atoms with van der Waals surface area (Å²) < 4.78 is 2.07. The average molecular weight is 348 g/mol. The molecule has 1 aromatic rings. The Morgan fingerprint density at radius 2 is 1.96 bits per heavy atom. The lowest BCUT2D eigenvalue weighted by molar-refractivity contribution is -0.129. The van der Waals surface area contributed by atoms with Crippen molar-refractivity contribution in [3.8, 4) is 0 Å². The molecule has 2 saturated heterocycles. The fourth-order valence-electron chi connectivity index (χ4n) is 4.09. The Hall–Kier alpha value is -1.40. The number of nitrogens with zero attached hydrogens (tertiary/aromatic N) is 4. The molecule has 25 heavy (non-hydrogen) atoms. The number of nitrogens with one attached hydrogen (secondary N) is 1. The fourth-order valence-corrected chi connectivity index (χ4v) is 4.09. The van der Waals surface area contributed by atoms with Crippen LogP contribution in [0.4, 0.5) is 0 Å². The lowest BCUT2D eigenvalue weighted by Gasteiger charge is -2.32. The second kappa shape index (κ2) is 7.87. The van der Waals surface area contributed by atoms with Crippen molar-refractivity contribution in [2.24, 2.45) is 5.92 Å². The van der Waals surface area contributed by atoms with Gasteiger partial charge < -0.3 is 10.2 Å². The molecule has 1 aromatic heterocycles. The van der Waals surface area contributed by atoms with E-state index < -0.39 is 0 Å². The molecule has 2 aliphatic heterocycles. The summed E-state index contributed by atoms with van der Waals surface area (Å²) in [5.74, 6) is 0.813. The zero-order valence-electron chi connectivity index (χ0n) is 16.2. The summed E-state index contributed by atoms with van der Waals surface area (Å²) in [4.78, 5) is 17.4. The fraction of sp³-hybridized carbons (Fsp3) is 0.789. The molecule has 1 unspecified atom stereocenters. The second-order valence-electron chi connectivity index (χ2n) is 7.97. The number of carbonyl (C=O) groups excluding carboxylic acids is 1. The van der Waals surface area contributed by atoms with Crippen molar-refractivity contribution >= 4 is 5.91 Å². The van der Waals surface area contributed by atoms with Gasteiger partial charge in [-0.1, -0.05) is 13.8 Å². The molecule has 6 nitrogen and oxygen atoms in total. The van der Waals surface area contributed by atoms with Crippen LogP contribution in [0, 0.1) is 19.8 Å². The van der Waals surface area contributed by atoms with Gasteiger partial charge in [-0.15, -0.1) is 0 Å². The number of amides is 1. The van der Waals surface area contributed by atoms with Crippen LogP contribution in [0.1, 0.15) is 37.2 Å². The Bertz CT molecular complexity index is 603. The van der Waals surface area contributed by atoms with Crippen LogP contribution in [0.2, 0.25) is 0 Å². The summed E-state index contributed by atoms with van der Waals surface area (Å²) in [6.45, 7) is 15.6. The Morgan fingerprint density at radius 1 is 1.24 bits per heavy atom. The van der Waals surface area contributed by atoms with Crippen molar-refractivity contribution in [3.63, 3.8) is 0 Å². The smallest absolute Gasteiger partial charge is 0.227 e. The van der Waals surface area contributed by atoms with Crippen molar-refractivity contribution in [3.05, 3.63) is 17.0 Å². The topological polar surface area (TPSA) is 53.4 Å². The van der Waals surface area contributed by atoms with Crippen LogP contribution in [-0.4, -0.2) is 70.8 Å². The maximum Gasteiger partial charge on any atom is 0.227 e. The van der Waals surface area contributed by atoms with Crippen molar-refractivity contribution < 1.29 is 4.79 Å². The minimum absolute atomic E-state index is 0.257. The van der Waals surface area contributed by atoms with Crippen LogP contribution >= 0.6 is 0 Å². The predicted octanol–water partition coefficient (Wildman–Crippen LogP) is 1.20. The van der Waals surface area contributed by atoms with Gasteiger partial charge in [0.2, 0.25) is 5.91 Å². The van der Waals surface area contributed by atoms with E-state index in [1.807, 2.05) is 6.92 Å². The molecule has 1 N–H and O–H groups in total. The van der Waals surface area contributed by atoms with Gasteiger partial charge >= 0.3 is 0 Å². The highest BCUT2D eigenvalue weighted by molar-refractivity contribution is 5.79. The third kappa shape index (κ3) is 4.23. The standard InChI is InChI=1S/C19H33N5O/c1-14(2)12-24-16(4)18(15(3)21-24)11-19(25)23-8-5-17(13-23)22-9-6-20-7-10-22/h14,17,20H,5-13H2,1-4H3. The minimum Gasteiger partial charge on any atom is -0.341 e. The maximum absolute atomic E-state index is 12.8. The molecule has 3 rings (SSSR count). The number of hydrogen-bond acceptors (Lipinski definition) is 4. The van der Waals surface area contributed by atoms with Gasteiger partial charge in [-0.05, 0) is 26.2 Å². The molecule has 0 radical (unpaired) electrons. The number of hydrogen-bond donors (Lipinski definition) is 1. The van der Waals surface area contributed by atoms with Crippen molar-refractivity contribution in [2.45, 2.75) is 53.1 Å². The molecule has 1 amide bonds. The lowest BCUT2D eigenvalue weighted by Crippen LogP contribution is -2.49. The third-order valence-corrected chi connectivity index (χ3v) is 5.58. The summed E-state index contributed by atoms with van der Waals surface area (Å²) >= 11 is 0. The molecule has 0 saturated carbocycles. The van der Waals surface area contributed by atoms with E-state index in [0.29, 0.717) is 18.4 Å². The summed E-state index contributed by atoms with van der Waals surface area (Å²) in [7, 11) is 0. The Kier molecular flexibility index (Phi) is 5.79. The van der Waals surface area contributed by atoms with Gasteiger partial charge in [0, 0.05) is 63.1 Å². The Balaban J connectivity index is 1.60. The third-order valence-electron chi connectivity index (χ3n) is 5.58. The molecule has 0 aliphatic carbocycles. The minimum atomic E-state index is 0.257. The predicted molar refractivity (Wildman–Crippen MR) is 99.7 cm³/mol. The molecular weight excluding hydrogens is 314 g/mol. The lowest BCUT2D eigenvalue weighted by atomic mass is 10.1. The molecule has 2 fully saturated rings. The van der Waals surface area contributed by atoms with Gasteiger partial charge in [0.05, 0.1) is 12.1 Å². The number of carbonyl (C=O) groups is 1. The average Bonchev–Trinajstić information content (AvgIpc) is 3.17. The quantitative estimate of drug-likeness (QED) is 0.870. The van der Waals surface area contributed by atoms with Crippen LogP contribution in [0.15, 0.2) is 0 Å². The normalized spacial score (nSPS) is 22.1. The van der Waals surface area contributed by atoms with Gasteiger partial charge in [-0.25, -0.2) is 0 Å². The first-order valence-electron chi connectivity index (χ1n) is 9.71. The molecule has 1 atom stereocenters. The molecule has 0 bridgehead atoms. The molecule has 2 aliphatic rings. The van der Waals surface area contributed by atoms with Gasteiger partial charge in [0.1, 0.15) is 0 Å². The van der Waals surface area contributed by atoms with E-state index in [0.717, 1.165) is 69.2 Å². The highest BCUT2D eigenvalue weighted by Crippen LogP contribution is 2.20. The number of piperazine rings is 1. The summed E-state index contributed by atoms with van der Waals surface area (Å²) in [5.41, 5.74) is 3.28. The monoisotopic (exact) mass is 347 g/mol. The van der Waals surface area contributed by atoms with E-state index >= 15 is 0 Å². The molecule has 0 aromatic carbocycles. The van der Waals surface area contributed by atoms with E-state index in [1.165, 1.54) is 0 Å². The van der Waals surface area contributed by atoms with E-state index in [2.05, 4.69) is 45.7 Å². The van der Waals surface area contributed by atoms with Crippen LogP contribution in [0.5, 0.6) is 0 Å². The van der Waals surface area contributed by atoms with Gasteiger partial charge in [-0.3, -0.25) is 14.4 Å². The van der Waals surface area contributed by atoms with E-state index in [-0.39, 0.29) is 5.91 Å². The van der Waals surface area contributed by atoms with Gasteiger partial charge in [-0.2, -0.15) is 5.10 Å². The van der Waals surface area contributed by atoms with Crippen LogP contribution < -0.4 is 5.32 Å². The highest BCUT2D eigenvalue weighted by Gasteiger charge is 2.31. The summed E-state index contributed by atoms with van der Waals surface area (Å²) in [5, 5.41) is 8.05. The van der Waals surface area contributed by atoms with Gasteiger partial charge in [0.15, 0.2) is 0 Å². The molecular formula is C19H33N5O. The number of aromatic nitrogens is 2. The summed E-state index contributed by atoms with van der Waals surface area (Å²) in [6.07, 6.45) is 1.60. The van der Waals surface area contributed by atoms with Crippen LogP contribution in [0.3, 0.4) is 0 Å². The Labute approximate surface area is 151 Å². The highest BCUT2D eigenvalue weighted by atomic mass is 16.2. The molecule has 140 valence electrons. The zero-order chi connectivity index (χ0) is 18.0. The first kappa shape index (κ1) is 18.4. The van der Waals surface area contributed by atoms with Crippen LogP contribution in [0.25, 0.3) is 0 Å². The molecule has 6 heteroatoms. The first-order chi connectivity index (χ1) is 12.0. The largest absolute Gasteiger partial charge is 0.341 e. The Morgan fingerprint density at radius 3 is 2.64 bits per heavy atom. The maximum atomic E-state index is 12.8. The van der Waals surface area contributed by atoms with E-state index in [9.17, 15) is 4.79 Å². The van der Waals surface area contributed by atoms with E-state index in [4.69, 9.17) is 0 Å². The van der Waals surface area contributed by atoms with Gasteiger partial charge in [0.25, 0.3) is 0 Å². The first-order valence-corrected chi connectivity index (χ1v) is 9.71. The van der Waals surface area contributed by atoms with E-state index in [1.54, 1.807) is 0 Å². The summed E-state index contributed by atoms with van der Waals surface area (Å²) in [6, 6.07) is 0.539. The zero-order valence-corrected chi connectivity index (χ0v) is 16.2. The number of likely N-dealkylation sites (tertiary alicyclic amines) is 1. The second-order valence-corrected chi connectivity index (χ2v) is 7.97. The number of rotatable bonds is 5. The van der Waals surface area contributed by atoms with Crippen molar-refractivity contribution in [2.75, 3.05) is 39.3 Å². The number of aryl methyl sites for hydroxylation is 1. The SMILES string of the molecule is Cc1nn(CC(C)C)c(C)c1CC(=O)N1CCC(N2CCNCC2)C1. The molecule has 3 heterocycles. The molecule has 0 spiro atoms. The van der Waals surface area contributed by atoms with Crippen LogP contribution in [-0.2, 0) is 17.8 Å². The van der Waals surface area contributed by atoms with Crippen molar-refractivity contribution in [1.29, 1.82) is 0 Å². The van der Waals surface area contributed by atoms with Crippen molar-refractivity contribution in [1.82, 2.24) is 24.9 Å².